The monoisotopic (exact) mass is 684 g/mol. The van der Waals surface area contributed by atoms with Gasteiger partial charge in [-0.2, -0.15) is 9.28 Å². The maximum Gasteiger partial charge on any atom is 0.522 e. The third-order valence-electron chi connectivity index (χ3n) is 7.64. The summed E-state index contributed by atoms with van der Waals surface area (Å²) < 4.78 is 21.9. The Bertz CT molecular complexity index is 1520. The van der Waals surface area contributed by atoms with E-state index in [0.717, 1.165) is 27.6 Å². The number of nitrogens with one attached hydrogen (secondary N) is 2. The van der Waals surface area contributed by atoms with Gasteiger partial charge >= 0.3 is 18.1 Å². The van der Waals surface area contributed by atoms with Crippen molar-refractivity contribution in [1.82, 2.24) is 15.1 Å². The van der Waals surface area contributed by atoms with Gasteiger partial charge in [-0.15, -0.1) is 22.7 Å². The number of fused-ring (bicyclic) bond motifs is 1. The standard InChI is InChI=1S/C33H37N3O7S3/c1-3-4-8-24(34-32(38)35-27(18-31(37)40-2)23-12-13-28-29(17-23)43-22-42-28)21-41-33(39)36(30-11-7-16-46-30,19-25-9-5-14-44-25)20-26-10-6-15-45-26/h5-7,9-17,24,27H,3-4,8,18-22H2,1-2H3,(H-,34,35,38)/p+1/t24-,27+/m1/s1. The van der Waals surface area contributed by atoms with E-state index in [4.69, 9.17) is 18.9 Å². The van der Waals surface area contributed by atoms with Crippen molar-refractivity contribution >= 4 is 57.1 Å². The number of amides is 3. The topological polar surface area (TPSA) is 112 Å². The second-order valence-corrected chi connectivity index (χ2v) is 13.9. The van der Waals surface area contributed by atoms with E-state index in [1.54, 1.807) is 40.9 Å². The minimum Gasteiger partial charge on any atom is -0.469 e. The molecule has 0 saturated carbocycles. The van der Waals surface area contributed by atoms with Crippen LogP contribution in [0.15, 0.2) is 70.7 Å². The van der Waals surface area contributed by atoms with E-state index in [-0.39, 0.29) is 30.4 Å². The van der Waals surface area contributed by atoms with E-state index in [2.05, 4.69) is 17.6 Å². The molecular weight excluding hydrogens is 647 g/mol. The quantitative estimate of drug-likeness (QED) is 0.0980. The number of ether oxygens (including phenoxy) is 4. The van der Waals surface area contributed by atoms with Crippen LogP contribution < -0.4 is 24.6 Å². The highest BCUT2D eigenvalue weighted by atomic mass is 32.1. The molecule has 4 heterocycles. The number of hydrogen-bond donors (Lipinski definition) is 2. The van der Waals surface area contributed by atoms with E-state index < -0.39 is 24.1 Å². The number of quaternary nitrogens is 1. The maximum absolute atomic E-state index is 14.3. The lowest BCUT2D eigenvalue weighted by Gasteiger charge is -2.32. The van der Waals surface area contributed by atoms with E-state index >= 15 is 0 Å². The van der Waals surface area contributed by atoms with Crippen molar-refractivity contribution in [3.8, 4) is 11.5 Å². The van der Waals surface area contributed by atoms with Crippen molar-refractivity contribution in [3.05, 3.63) is 86.1 Å². The van der Waals surface area contributed by atoms with Gasteiger partial charge in [0.2, 0.25) is 6.79 Å². The summed E-state index contributed by atoms with van der Waals surface area (Å²) in [6.45, 7) is 3.08. The van der Waals surface area contributed by atoms with Crippen LogP contribution in [0.1, 0.15) is 54.0 Å². The second-order valence-electron chi connectivity index (χ2n) is 10.9. The van der Waals surface area contributed by atoms with Crippen LogP contribution in [0.5, 0.6) is 11.5 Å². The van der Waals surface area contributed by atoms with Crippen molar-refractivity contribution in [2.75, 3.05) is 20.5 Å². The van der Waals surface area contributed by atoms with Gasteiger partial charge in [0.15, 0.2) is 16.5 Å². The molecule has 1 aliphatic heterocycles. The number of esters is 1. The fourth-order valence-electron chi connectivity index (χ4n) is 5.24. The molecule has 244 valence electrons. The fourth-order valence-corrected chi connectivity index (χ4v) is 7.67. The van der Waals surface area contributed by atoms with E-state index in [9.17, 15) is 14.4 Å². The number of unbranched alkanes of at least 4 members (excludes halogenated alkanes) is 1. The molecular formula is C33H38N3O7S3+. The Labute approximate surface area is 280 Å². The molecule has 0 unspecified atom stereocenters. The van der Waals surface area contributed by atoms with Gasteiger partial charge in [0, 0.05) is 6.07 Å². The van der Waals surface area contributed by atoms with Crippen LogP contribution >= 0.6 is 34.0 Å². The number of urea groups is 1. The molecule has 13 heteroatoms. The molecule has 3 amide bonds. The summed E-state index contributed by atoms with van der Waals surface area (Å²) in [5.74, 6) is 0.667. The van der Waals surface area contributed by atoms with E-state index in [1.165, 1.54) is 18.4 Å². The van der Waals surface area contributed by atoms with Crippen LogP contribution in [0, 0.1) is 0 Å². The van der Waals surface area contributed by atoms with Crippen molar-refractivity contribution in [3.63, 3.8) is 0 Å². The minimum atomic E-state index is -0.684. The lowest BCUT2D eigenvalue weighted by atomic mass is 10.0. The Hall–Kier alpha value is -3.91. The third-order valence-corrected chi connectivity index (χ3v) is 10.4. The van der Waals surface area contributed by atoms with E-state index in [0.29, 0.717) is 36.6 Å². The highest BCUT2D eigenvalue weighted by Gasteiger charge is 2.44. The summed E-state index contributed by atoms with van der Waals surface area (Å²) in [5, 5.41) is 12.8. The van der Waals surface area contributed by atoms with Crippen molar-refractivity contribution < 1.29 is 33.3 Å². The average molecular weight is 685 g/mol. The molecule has 0 spiro atoms. The van der Waals surface area contributed by atoms with Gasteiger partial charge < -0.3 is 29.6 Å². The molecule has 0 saturated heterocycles. The first kappa shape index (κ1) is 33.5. The smallest absolute Gasteiger partial charge is 0.469 e. The van der Waals surface area contributed by atoms with Gasteiger partial charge in [-0.25, -0.2) is 4.79 Å². The number of nitrogens with zero attached hydrogens (tertiary/aromatic N) is 1. The Kier molecular flexibility index (Phi) is 11.7. The van der Waals surface area contributed by atoms with Crippen molar-refractivity contribution in [2.24, 2.45) is 0 Å². The highest BCUT2D eigenvalue weighted by Crippen LogP contribution is 2.37. The number of thiophene rings is 3. The van der Waals surface area contributed by atoms with Crippen LogP contribution in [0.25, 0.3) is 0 Å². The van der Waals surface area contributed by atoms with Crippen LogP contribution in [0.3, 0.4) is 0 Å². The molecule has 2 atom stereocenters. The SMILES string of the molecule is CCCC[C@H](COC(=O)[N+](Cc1cccs1)(Cc1cccs1)c1cccs1)NC(=O)N[C@@H](CC(=O)OC)c1ccc2c(c1)OCO2. The fraction of sp³-hybridized carbons (Fsp3) is 0.364. The maximum atomic E-state index is 14.3. The van der Waals surface area contributed by atoms with Crippen LogP contribution in [-0.2, 0) is 27.4 Å². The number of hydrogen-bond acceptors (Lipinski definition) is 10. The zero-order valence-electron chi connectivity index (χ0n) is 25.8. The molecule has 1 aromatic carbocycles. The minimum absolute atomic E-state index is 0.00178. The summed E-state index contributed by atoms with van der Waals surface area (Å²) in [6, 6.07) is 15.6. The molecule has 5 rings (SSSR count). The first-order valence-corrected chi connectivity index (χ1v) is 17.7. The predicted octanol–water partition coefficient (Wildman–Crippen LogP) is 7.61. The van der Waals surface area contributed by atoms with E-state index in [1.807, 2.05) is 52.5 Å². The molecule has 46 heavy (non-hydrogen) atoms. The molecule has 1 aliphatic rings. The van der Waals surface area contributed by atoms with Crippen molar-refractivity contribution in [1.29, 1.82) is 0 Å². The van der Waals surface area contributed by atoms with Gasteiger partial charge in [0.05, 0.1) is 35.4 Å². The molecule has 2 N–H and O–H groups in total. The number of carbonyl (C=O) groups excluding carboxylic acids is 3. The summed E-state index contributed by atoms with van der Waals surface area (Å²) in [7, 11) is 1.31. The molecule has 0 bridgehead atoms. The van der Waals surface area contributed by atoms with Gasteiger partial charge in [-0.05, 0) is 58.5 Å². The molecule has 3 aromatic heterocycles. The van der Waals surface area contributed by atoms with Crippen LogP contribution in [0.2, 0.25) is 0 Å². The summed E-state index contributed by atoms with van der Waals surface area (Å²) in [5.41, 5.74) is 0.668. The number of rotatable bonds is 15. The normalized spacial score (nSPS) is 13.5. The highest BCUT2D eigenvalue weighted by molar-refractivity contribution is 7.14. The molecule has 0 radical (unpaired) electrons. The molecule has 4 aromatic rings. The lowest BCUT2D eigenvalue weighted by Crippen LogP contribution is -2.53. The van der Waals surface area contributed by atoms with Crippen molar-refractivity contribution in [2.45, 2.75) is 57.8 Å². The Morgan fingerprint density at radius 1 is 0.913 bits per heavy atom. The van der Waals surface area contributed by atoms with Crippen LogP contribution in [0.4, 0.5) is 14.6 Å². The van der Waals surface area contributed by atoms with Gasteiger partial charge in [-0.3, -0.25) is 4.79 Å². The number of carbonyl (C=O) groups is 3. The first-order valence-electron chi connectivity index (χ1n) is 15.1. The molecule has 0 aliphatic carbocycles. The summed E-state index contributed by atoms with van der Waals surface area (Å²) in [4.78, 5) is 42.0. The van der Waals surface area contributed by atoms with Crippen LogP contribution in [-0.4, -0.2) is 44.6 Å². The average Bonchev–Trinajstić information content (AvgIpc) is 3.89. The zero-order chi connectivity index (χ0) is 32.4. The number of benzene rings is 1. The largest absolute Gasteiger partial charge is 0.522 e. The summed E-state index contributed by atoms with van der Waals surface area (Å²) >= 11 is 4.74. The molecule has 0 fully saturated rings. The number of methoxy groups -OCH3 is 1. The first-order chi connectivity index (χ1) is 22.4. The lowest BCUT2D eigenvalue weighted by molar-refractivity contribution is -0.141. The van der Waals surface area contributed by atoms with Gasteiger partial charge in [0.25, 0.3) is 0 Å². The predicted molar refractivity (Wildman–Crippen MR) is 180 cm³/mol. The Morgan fingerprint density at radius 3 is 2.24 bits per heavy atom. The molecule has 10 nitrogen and oxygen atoms in total. The third kappa shape index (κ3) is 8.46. The van der Waals surface area contributed by atoms with Gasteiger partial charge in [-0.1, -0.05) is 49.3 Å². The van der Waals surface area contributed by atoms with Gasteiger partial charge in [0.1, 0.15) is 19.7 Å². The zero-order valence-corrected chi connectivity index (χ0v) is 28.2. The Balaban J connectivity index is 1.32. The summed E-state index contributed by atoms with van der Waals surface area (Å²) in [6.07, 6.45) is 1.88. The second kappa shape index (κ2) is 16.1. The Morgan fingerprint density at radius 2 is 1.61 bits per heavy atom.